The van der Waals surface area contributed by atoms with Gasteiger partial charge >= 0.3 is 5.97 Å². The molecule has 0 aromatic carbocycles. The maximum Gasteiger partial charge on any atom is 0.356 e. The molecular weight excluding hydrogens is 132 g/mol. The summed E-state index contributed by atoms with van der Waals surface area (Å²) in [5.74, 6) is -0.361. The molecule has 1 rings (SSSR count). The van der Waals surface area contributed by atoms with Crippen LogP contribution in [-0.4, -0.2) is 22.9 Å². The molecule has 0 aliphatic rings. The fraction of sp³-hybridized carbons (Fsp3) is 0.333. The maximum absolute atomic E-state index is 10.8. The second kappa shape index (κ2) is 2.51. The van der Waals surface area contributed by atoms with Crippen molar-refractivity contribution >= 4 is 5.97 Å². The molecule has 0 unspecified atom stereocenters. The van der Waals surface area contributed by atoms with E-state index in [0.29, 0.717) is 5.69 Å². The van der Waals surface area contributed by atoms with E-state index in [2.05, 4.69) is 9.84 Å². The lowest BCUT2D eigenvalue weighted by Gasteiger charge is -1.96. The highest BCUT2D eigenvalue weighted by atomic mass is 16.5. The van der Waals surface area contributed by atoms with Crippen molar-refractivity contribution in [3.05, 3.63) is 18.0 Å². The van der Waals surface area contributed by atoms with Gasteiger partial charge in [0.2, 0.25) is 0 Å². The predicted molar refractivity (Wildman–Crippen MR) is 34.5 cm³/mol. The molecule has 0 aliphatic heterocycles. The molecule has 0 saturated heterocycles. The third kappa shape index (κ3) is 1.00. The van der Waals surface area contributed by atoms with Crippen LogP contribution in [0.2, 0.25) is 0 Å². The number of carbonyl (C=O) groups is 1. The van der Waals surface area contributed by atoms with Gasteiger partial charge in [0, 0.05) is 13.2 Å². The summed E-state index contributed by atoms with van der Waals surface area (Å²) in [6.07, 6.45) is 1.55. The lowest BCUT2D eigenvalue weighted by molar-refractivity contribution is 0.0588. The van der Waals surface area contributed by atoms with Crippen LogP contribution in [0.5, 0.6) is 0 Å². The Bertz CT molecular complexity index is 242. The molecule has 10 heavy (non-hydrogen) atoms. The Morgan fingerprint density at radius 2 is 2.50 bits per heavy atom. The minimum Gasteiger partial charge on any atom is -0.464 e. The molecule has 0 atom stereocenters. The Balaban J connectivity index is 2.93. The van der Waals surface area contributed by atoms with E-state index in [1.54, 1.807) is 19.3 Å². The summed E-state index contributed by atoms with van der Waals surface area (Å²) < 4.78 is 5.94. The topological polar surface area (TPSA) is 44.1 Å². The highest BCUT2D eigenvalue weighted by Gasteiger charge is 2.07. The lowest BCUT2D eigenvalue weighted by atomic mass is 10.4. The Hall–Kier alpha value is -1.32. The van der Waals surface area contributed by atoms with Crippen molar-refractivity contribution in [3.8, 4) is 0 Å². The SMILES string of the molecule is COC(=O)c1ccnn1C. The molecule has 4 nitrogen and oxygen atoms in total. The van der Waals surface area contributed by atoms with E-state index in [9.17, 15) is 4.79 Å². The summed E-state index contributed by atoms with van der Waals surface area (Å²) in [7, 11) is 3.03. The molecule has 0 bridgehead atoms. The largest absolute Gasteiger partial charge is 0.464 e. The van der Waals surface area contributed by atoms with Gasteiger partial charge in [-0.1, -0.05) is 0 Å². The van der Waals surface area contributed by atoms with Crippen LogP contribution >= 0.6 is 0 Å². The van der Waals surface area contributed by atoms with Gasteiger partial charge in [0.1, 0.15) is 5.69 Å². The first kappa shape index (κ1) is 6.80. The minimum absolute atomic E-state index is 0.361. The molecule has 0 N–H and O–H groups in total. The summed E-state index contributed by atoms with van der Waals surface area (Å²) in [6.45, 7) is 0. The van der Waals surface area contributed by atoms with Crippen molar-refractivity contribution in [2.45, 2.75) is 0 Å². The van der Waals surface area contributed by atoms with Gasteiger partial charge in [0.05, 0.1) is 7.11 Å². The first-order valence-electron chi connectivity index (χ1n) is 2.82. The second-order valence-corrected chi connectivity index (χ2v) is 1.83. The molecular formula is C6H8N2O2. The molecule has 1 aromatic heterocycles. The molecule has 0 amide bonds. The standard InChI is InChI=1S/C6H8N2O2/c1-8-5(3-4-7-8)6(9)10-2/h3-4H,1-2H3. The molecule has 0 fully saturated rings. The Labute approximate surface area is 58.4 Å². The smallest absolute Gasteiger partial charge is 0.356 e. The van der Waals surface area contributed by atoms with Crippen LogP contribution in [0.1, 0.15) is 10.5 Å². The average molecular weight is 140 g/mol. The summed E-state index contributed by atoms with van der Waals surface area (Å²) >= 11 is 0. The first-order valence-corrected chi connectivity index (χ1v) is 2.82. The number of hydrogen-bond acceptors (Lipinski definition) is 3. The van der Waals surface area contributed by atoms with Crippen LogP contribution < -0.4 is 0 Å². The molecule has 0 saturated carbocycles. The minimum atomic E-state index is -0.361. The van der Waals surface area contributed by atoms with Crippen molar-refractivity contribution in [2.75, 3.05) is 7.11 Å². The fourth-order valence-corrected chi connectivity index (χ4v) is 0.679. The van der Waals surface area contributed by atoms with Gasteiger partial charge in [0.15, 0.2) is 0 Å². The zero-order valence-corrected chi connectivity index (χ0v) is 5.87. The zero-order chi connectivity index (χ0) is 7.56. The quantitative estimate of drug-likeness (QED) is 0.523. The van der Waals surface area contributed by atoms with Crippen LogP contribution in [0.25, 0.3) is 0 Å². The van der Waals surface area contributed by atoms with Crippen molar-refractivity contribution < 1.29 is 9.53 Å². The van der Waals surface area contributed by atoms with E-state index in [1.807, 2.05) is 0 Å². The van der Waals surface area contributed by atoms with Gasteiger partial charge in [-0.05, 0) is 6.07 Å². The van der Waals surface area contributed by atoms with E-state index in [4.69, 9.17) is 0 Å². The van der Waals surface area contributed by atoms with Gasteiger partial charge in [-0.2, -0.15) is 5.10 Å². The lowest BCUT2D eigenvalue weighted by Crippen LogP contribution is -2.07. The van der Waals surface area contributed by atoms with Crippen LogP contribution in [0.15, 0.2) is 12.3 Å². The van der Waals surface area contributed by atoms with Crippen molar-refractivity contribution in [1.29, 1.82) is 0 Å². The number of aromatic nitrogens is 2. The number of hydrogen-bond donors (Lipinski definition) is 0. The number of ether oxygens (including phenoxy) is 1. The van der Waals surface area contributed by atoms with Gasteiger partial charge < -0.3 is 4.74 Å². The van der Waals surface area contributed by atoms with Gasteiger partial charge in [-0.3, -0.25) is 4.68 Å². The Morgan fingerprint density at radius 3 is 2.90 bits per heavy atom. The number of rotatable bonds is 1. The molecule has 0 spiro atoms. The average Bonchev–Trinajstić information content (AvgIpc) is 2.34. The molecule has 0 radical (unpaired) electrons. The summed E-state index contributed by atoms with van der Waals surface area (Å²) in [5, 5.41) is 3.80. The van der Waals surface area contributed by atoms with Crippen LogP contribution in [0.3, 0.4) is 0 Å². The summed E-state index contributed by atoms with van der Waals surface area (Å²) in [6, 6.07) is 1.60. The van der Waals surface area contributed by atoms with Gasteiger partial charge in [-0.15, -0.1) is 0 Å². The fourth-order valence-electron chi connectivity index (χ4n) is 0.679. The second-order valence-electron chi connectivity index (χ2n) is 1.83. The van der Waals surface area contributed by atoms with Crippen LogP contribution in [0.4, 0.5) is 0 Å². The predicted octanol–water partition coefficient (Wildman–Crippen LogP) is 0.207. The van der Waals surface area contributed by atoms with E-state index in [0.717, 1.165) is 0 Å². The molecule has 1 aromatic rings. The summed E-state index contributed by atoms with van der Waals surface area (Å²) in [4.78, 5) is 10.8. The Kier molecular flexibility index (Phi) is 1.71. The third-order valence-corrected chi connectivity index (χ3v) is 1.22. The van der Waals surface area contributed by atoms with Crippen LogP contribution in [0, 0.1) is 0 Å². The molecule has 0 aliphatic carbocycles. The van der Waals surface area contributed by atoms with E-state index in [-0.39, 0.29) is 5.97 Å². The Morgan fingerprint density at radius 1 is 1.80 bits per heavy atom. The maximum atomic E-state index is 10.8. The zero-order valence-electron chi connectivity index (χ0n) is 5.87. The van der Waals surface area contributed by atoms with E-state index in [1.165, 1.54) is 11.8 Å². The number of esters is 1. The van der Waals surface area contributed by atoms with Crippen LogP contribution in [-0.2, 0) is 11.8 Å². The van der Waals surface area contributed by atoms with Crippen molar-refractivity contribution in [1.82, 2.24) is 9.78 Å². The number of carbonyl (C=O) groups excluding carboxylic acids is 1. The van der Waals surface area contributed by atoms with E-state index >= 15 is 0 Å². The summed E-state index contributed by atoms with van der Waals surface area (Å²) in [5.41, 5.74) is 0.461. The monoisotopic (exact) mass is 140 g/mol. The first-order chi connectivity index (χ1) is 4.75. The normalized spacial score (nSPS) is 9.40. The van der Waals surface area contributed by atoms with Crippen molar-refractivity contribution in [2.24, 2.45) is 7.05 Å². The molecule has 4 heteroatoms. The number of methoxy groups -OCH3 is 1. The highest BCUT2D eigenvalue weighted by molar-refractivity contribution is 5.87. The van der Waals surface area contributed by atoms with Gasteiger partial charge in [-0.25, -0.2) is 4.79 Å². The van der Waals surface area contributed by atoms with Gasteiger partial charge in [0.25, 0.3) is 0 Å². The number of nitrogens with zero attached hydrogens (tertiary/aromatic N) is 2. The van der Waals surface area contributed by atoms with Crippen molar-refractivity contribution in [3.63, 3.8) is 0 Å². The van der Waals surface area contributed by atoms with E-state index < -0.39 is 0 Å². The highest BCUT2D eigenvalue weighted by Crippen LogP contribution is 1.96. The molecule has 54 valence electrons. The third-order valence-electron chi connectivity index (χ3n) is 1.22. The molecule has 1 heterocycles. The number of aryl methyl sites for hydroxylation is 1.